The third-order valence-electron chi connectivity index (χ3n) is 2.55. The van der Waals surface area contributed by atoms with Gasteiger partial charge in [-0.25, -0.2) is 8.42 Å². The molecule has 0 saturated carbocycles. The molecular weight excluding hydrogens is 200 g/mol. The highest BCUT2D eigenvalue weighted by Gasteiger charge is 2.32. The van der Waals surface area contributed by atoms with Gasteiger partial charge < -0.3 is 0 Å². The van der Waals surface area contributed by atoms with Crippen molar-refractivity contribution in [3.63, 3.8) is 0 Å². The summed E-state index contributed by atoms with van der Waals surface area (Å²) in [7, 11) is -2.82. The lowest BCUT2D eigenvalue weighted by molar-refractivity contribution is 0.394. The molecule has 80 valence electrons. The van der Waals surface area contributed by atoms with Crippen molar-refractivity contribution in [2.75, 3.05) is 11.5 Å². The maximum absolute atomic E-state index is 11.2. The number of hydrogen-bond donors (Lipinski definition) is 2. The highest BCUT2D eigenvalue weighted by Crippen LogP contribution is 2.22. The smallest absolute Gasteiger partial charge is 0.150 e. The Hall–Kier alpha value is -0.570. The van der Waals surface area contributed by atoms with Crippen molar-refractivity contribution < 1.29 is 8.42 Å². The molecule has 1 fully saturated rings. The topological polar surface area (TPSA) is 72.2 Å². The van der Waals surface area contributed by atoms with Crippen molar-refractivity contribution in [1.82, 2.24) is 5.43 Å². The number of hydrogen-bond acceptors (Lipinski definition) is 4. The van der Waals surface area contributed by atoms with Gasteiger partial charge in [0.2, 0.25) is 0 Å². The largest absolute Gasteiger partial charge is 0.271 e. The minimum Gasteiger partial charge on any atom is -0.271 e. The fraction of sp³-hybridized carbons (Fsp3) is 0.778. The van der Waals surface area contributed by atoms with Gasteiger partial charge in [-0.15, -0.1) is 11.8 Å². The Kier molecular flexibility index (Phi) is 3.93. The van der Waals surface area contributed by atoms with Crippen molar-refractivity contribution >= 4 is 9.84 Å². The standard InChI is InChI=1S/C9H16N2O2S/c1-2-3-4-9(11-10)8-5-6-14(12,13)7-8/h8-9,11H,4-7,10H2,1H3. The molecule has 1 aliphatic heterocycles. The predicted molar refractivity (Wildman–Crippen MR) is 55.9 cm³/mol. The first-order valence-corrected chi connectivity index (χ1v) is 6.47. The number of nitrogens with two attached hydrogens (primary N) is 1. The lowest BCUT2D eigenvalue weighted by Gasteiger charge is -2.18. The Morgan fingerprint density at radius 1 is 1.64 bits per heavy atom. The summed E-state index contributed by atoms with van der Waals surface area (Å²) in [6.07, 6.45) is 1.32. The quantitative estimate of drug-likeness (QED) is 0.385. The first-order chi connectivity index (χ1) is 6.59. The first-order valence-electron chi connectivity index (χ1n) is 4.65. The average Bonchev–Trinajstić information content (AvgIpc) is 2.48. The van der Waals surface area contributed by atoms with Gasteiger partial charge in [0.15, 0.2) is 9.84 Å². The molecule has 0 aromatic rings. The Morgan fingerprint density at radius 2 is 2.36 bits per heavy atom. The third-order valence-corrected chi connectivity index (χ3v) is 4.34. The van der Waals surface area contributed by atoms with E-state index in [1.54, 1.807) is 6.92 Å². The number of hydrazine groups is 1. The van der Waals surface area contributed by atoms with E-state index in [0.717, 1.165) is 0 Å². The molecule has 0 bridgehead atoms. The fourth-order valence-corrected chi connectivity index (χ4v) is 3.59. The molecule has 0 aromatic heterocycles. The molecule has 2 unspecified atom stereocenters. The Balaban J connectivity index is 2.57. The Labute approximate surface area is 85.1 Å². The van der Waals surface area contributed by atoms with Crippen molar-refractivity contribution in [2.24, 2.45) is 11.8 Å². The summed E-state index contributed by atoms with van der Waals surface area (Å²) >= 11 is 0. The number of rotatable bonds is 3. The van der Waals surface area contributed by atoms with E-state index in [1.807, 2.05) is 0 Å². The normalized spacial score (nSPS) is 26.6. The molecule has 1 saturated heterocycles. The van der Waals surface area contributed by atoms with Crippen molar-refractivity contribution in [2.45, 2.75) is 25.8 Å². The van der Waals surface area contributed by atoms with Crippen molar-refractivity contribution in [3.05, 3.63) is 0 Å². The van der Waals surface area contributed by atoms with Crippen molar-refractivity contribution in [3.8, 4) is 11.8 Å². The minimum atomic E-state index is -2.82. The van der Waals surface area contributed by atoms with Crippen LogP contribution in [-0.4, -0.2) is 26.0 Å². The maximum Gasteiger partial charge on any atom is 0.150 e. The van der Waals surface area contributed by atoms with Gasteiger partial charge in [0.25, 0.3) is 0 Å². The van der Waals surface area contributed by atoms with Gasteiger partial charge in [-0.1, -0.05) is 0 Å². The highest BCUT2D eigenvalue weighted by molar-refractivity contribution is 7.91. The molecule has 1 aliphatic rings. The van der Waals surface area contributed by atoms with Crippen LogP contribution in [0.1, 0.15) is 19.8 Å². The molecule has 0 aliphatic carbocycles. The third kappa shape index (κ3) is 2.98. The monoisotopic (exact) mass is 216 g/mol. The molecule has 1 heterocycles. The van der Waals surface area contributed by atoms with Crippen LogP contribution in [0.25, 0.3) is 0 Å². The van der Waals surface area contributed by atoms with Crippen LogP contribution in [0.5, 0.6) is 0 Å². The second-order valence-electron chi connectivity index (χ2n) is 3.57. The van der Waals surface area contributed by atoms with Gasteiger partial charge in [-0.3, -0.25) is 11.3 Å². The zero-order chi connectivity index (χ0) is 10.6. The number of sulfone groups is 1. The molecule has 5 heteroatoms. The van der Waals surface area contributed by atoms with E-state index in [9.17, 15) is 8.42 Å². The number of nitrogens with one attached hydrogen (secondary N) is 1. The SMILES string of the molecule is CC#CCC(NN)C1CCS(=O)(=O)C1. The van der Waals surface area contributed by atoms with Crippen LogP contribution < -0.4 is 11.3 Å². The molecule has 3 N–H and O–H groups in total. The summed E-state index contributed by atoms with van der Waals surface area (Å²) in [5.41, 5.74) is 2.65. The molecule has 14 heavy (non-hydrogen) atoms. The van der Waals surface area contributed by atoms with Gasteiger partial charge in [0.1, 0.15) is 0 Å². The first kappa shape index (κ1) is 11.5. The van der Waals surface area contributed by atoms with Crippen molar-refractivity contribution in [1.29, 1.82) is 0 Å². The maximum atomic E-state index is 11.2. The van der Waals surface area contributed by atoms with E-state index in [-0.39, 0.29) is 23.5 Å². The van der Waals surface area contributed by atoms with Crippen LogP contribution in [-0.2, 0) is 9.84 Å². The van der Waals surface area contributed by atoms with Crippen LogP contribution in [0.4, 0.5) is 0 Å². The van der Waals surface area contributed by atoms with E-state index < -0.39 is 9.84 Å². The summed E-state index contributed by atoms with van der Waals surface area (Å²) < 4.78 is 22.5. The summed E-state index contributed by atoms with van der Waals surface area (Å²) in [5, 5.41) is 0. The molecule has 0 spiro atoms. The molecule has 4 nitrogen and oxygen atoms in total. The predicted octanol–water partition coefficient (Wildman–Crippen LogP) is -0.334. The van der Waals surface area contributed by atoms with Crippen LogP contribution in [0, 0.1) is 17.8 Å². The van der Waals surface area contributed by atoms with Gasteiger partial charge >= 0.3 is 0 Å². The molecule has 0 amide bonds. The van der Waals surface area contributed by atoms with E-state index >= 15 is 0 Å². The van der Waals surface area contributed by atoms with Gasteiger partial charge in [-0.2, -0.15) is 0 Å². The molecular formula is C9H16N2O2S. The van der Waals surface area contributed by atoms with E-state index in [0.29, 0.717) is 12.8 Å². The lowest BCUT2D eigenvalue weighted by Crippen LogP contribution is -2.41. The molecule has 2 atom stereocenters. The molecule has 1 rings (SSSR count). The lowest BCUT2D eigenvalue weighted by atomic mass is 9.97. The molecule has 0 radical (unpaired) electrons. The summed E-state index contributed by atoms with van der Waals surface area (Å²) in [6, 6.07) is -0.000255. The highest BCUT2D eigenvalue weighted by atomic mass is 32.2. The van der Waals surface area contributed by atoms with Crippen LogP contribution in [0.2, 0.25) is 0 Å². The van der Waals surface area contributed by atoms with Gasteiger partial charge in [-0.05, 0) is 19.3 Å². The summed E-state index contributed by atoms with van der Waals surface area (Å²) in [5.74, 6) is 11.7. The fourth-order valence-electron chi connectivity index (χ4n) is 1.71. The Bertz CT molecular complexity index is 340. The molecule has 0 aromatic carbocycles. The van der Waals surface area contributed by atoms with E-state index in [4.69, 9.17) is 5.84 Å². The second kappa shape index (κ2) is 4.78. The zero-order valence-corrected chi connectivity index (χ0v) is 9.10. The summed E-state index contributed by atoms with van der Waals surface area (Å²) in [4.78, 5) is 0. The van der Waals surface area contributed by atoms with Crippen LogP contribution >= 0.6 is 0 Å². The zero-order valence-electron chi connectivity index (χ0n) is 8.29. The van der Waals surface area contributed by atoms with Crippen LogP contribution in [0.15, 0.2) is 0 Å². The van der Waals surface area contributed by atoms with Gasteiger partial charge in [0.05, 0.1) is 11.5 Å². The van der Waals surface area contributed by atoms with E-state index in [2.05, 4.69) is 17.3 Å². The summed E-state index contributed by atoms with van der Waals surface area (Å²) in [6.45, 7) is 1.76. The van der Waals surface area contributed by atoms with Crippen LogP contribution in [0.3, 0.4) is 0 Å². The van der Waals surface area contributed by atoms with E-state index in [1.165, 1.54) is 0 Å². The average molecular weight is 216 g/mol. The Morgan fingerprint density at radius 3 is 2.79 bits per heavy atom. The van der Waals surface area contributed by atoms with Gasteiger partial charge in [0, 0.05) is 12.5 Å². The second-order valence-corrected chi connectivity index (χ2v) is 5.80. The minimum absolute atomic E-state index is 0.000255.